The van der Waals surface area contributed by atoms with Gasteiger partial charge in [0.2, 0.25) is 0 Å². The lowest BCUT2D eigenvalue weighted by Crippen LogP contribution is -2.45. The first-order chi connectivity index (χ1) is 13.6. The van der Waals surface area contributed by atoms with Gasteiger partial charge >= 0.3 is 5.97 Å². The second-order valence-corrected chi connectivity index (χ2v) is 6.96. The SMILES string of the molecule is CCNC(=NCC(O)c1cccc(OC)c1)NC1CCC(C(=O)OCC)CC1. The smallest absolute Gasteiger partial charge is 0.308 e. The molecule has 1 aliphatic rings. The van der Waals surface area contributed by atoms with Crippen LogP contribution < -0.4 is 15.4 Å². The number of benzene rings is 1. The van der Waals surface area contributed by atoms with E-state index in [1.165, 1.54) is 0 Å². The molecule has 2 rings (SSSR count). The van der Waals surface area contributed by atoms with Crippen LogP contribution in [0, 0.1) is 5.92 Å². The highest BCUT2D eigenvalue weighted by Gasteiger charge is 2.27. The summed E-state index contributed by atoms with van der Waals surface area (Å²) in [5, 5.41) is 17.1. The molecule has 156 valence electrons. The van der Waals surface area contributed by atoms with E-state index in [0.29, 0.717) is 18.3 Å². The van der Waals surface area contributed by atoms with Crippen LogP contribution in [0.15, 0.2) is 29.3 Å². The van der Waals surface area contributed by atoms with Gasteiger partial charge in [-0.2, -0.15) is 0 Å². The number of aliphatic imine (C=N–C) groups is 1. The number of carbonyl (C=O) groups excluding carboxylic acids is 1. The average Bonchev–Trinajstić information content (AvgIpc) is 2.72. The predicted molar refractivity (Wildman–Crippen MR) is 109 cm³/mol. The Morgan fingerprint density at radius 3 is 2.68 bits per heavy atom. The summed E-state index contributed by atoms with van der Waals surface area (Å²) in [6.45, 7) is 5.27. The number of nitrogens with one attached hydrogen (secondary N) is 2. The van der Waals surface area contributed by atoms with Gasteiger partial charge in [-0.15, -0.1) is 0 Å². The Bertz CT molecular complexity index is 642. The topological polar surface area (TPSA) is 92.2 Å². The minimum atomic E-state index is -0.704. The molecule has 1 aromatic carbocycles. The lowest BCUT2D eigenvalue weighted by Gasteiger charge is -2.29. The first-order valence-corrected chi connectivity index (χ1v) is 10.1. The summed E-state index contributed by atoms with van der Waals surface area (Å²) in [5.74, 6) is 1.32. The van der Waals surface area contributed by atoms with Gasteiger partial charge in [0.05, 0.1) is 32.3 Å². The van der Waals surface area contributed by atoms with E-state index in [2.05, 4.69) is 15.6 Å². The maximum atomic E-state index is 11.9. The Kier molecular flexibility index (Phi) is 9.07. The highest BCUT2D eigenvalue weighted by atomic mass is 16.5. The van der Waals surface area contributed by atoms with Crippen LogP contribution in [0.5, 0.6) is 5.75 Å². The molecule has 1 atom stereocenters. The molecule has 0 saturated heterocycles. The number of aliphatic hydroxyl groups excluding tert-OH is 1. The van der Waals surface area contributed by atoms with Gasteiger partial charge in [-0.05, 0) is 57.2 Å². The third-order valence-electron chi connectivity index (χ3n) is 4.93. The molecule has 0 spiro atoms. The van der Waals surface area contributed by atoms with E-state index < -0.39 is 6.10 Å². The minimum Gasteiger partial charge on any atom is -0.497 e. The summed E-state index contributed by atoms with van der Waals surface area (Å²) in [4.78, 5) is 16.4. The number of methoxy groups -OCH3 is 1. The van der Waals surface area contributed by atoms with Crippen LogP contribution in [-0.2, 0) is 9.53 Å². The first-order valence-electron chi connectivity index (χ1n) is 10.1. The summed E-state index contributed by atoms with van der Waals surface area (Å²) in [6, 6.07) is 7.64. The molecular formula is C21H33N3O4. The summed E-state index contributed by atoms with van der Waals surface area (Å²) >= 11 is 0. The van der Waals surface area contributed by atoms with Crippen LogP contribution in [0.25, 0.3) is 0 Å². The summed E-state index contributed by atoms with van der Waals surface area (Å²) < 4.78 is 10.3. The third-order valence-corrected chi connectivity index (χ3v) is 4.93. The minimum absolute atomic E-state index is 0.00686. The van der Waals surface area contributed by atoms with Crippen LogP contribution in [0.1, 0.15) is 51.2 Å². The molecule has 1 fully saturated rings. The quantitative estimate of drug-likeness (QED) is 0.358. The maximum Gasteiger partial charge on any atom is 0.308 e. The number of hydrogen-bond acceptors (Lipinski definition) is 5. The second-order valence-electron chi connectivity index (χ2n) is 6.96. The van der Waals surface area contributed by atoms with Crippen LogP contribution in [0.3, 0.4) is 0 Å². The normalized spacial score (nSPS) is 20.9. The Hall–Kier alpha value is -2.28. The fourth-order valence-electron chi connectivity index (χ4n) is 3.38. The first kappa shape index (κ1) is 22.0. The van der Waals surface area contributed by atoms with Crippen LogP contribution in [0.4, 0.5) is 0 Å². The van der Waals surface area contributed by atoms with Gasteiger partial charge in [0.1, 0.15) is 5.75 Å². The zero-order valence-electron chi connectivity index (χ0n) is 17.1. The highest BCUT2D eigenvalue weighted by molar-refractivity contribution is 5.80. The van der Waals surface area contributed by atoms with E-state index in [1.54, 1.807) is 7.11 Å². The van der Waals surface area contributed by atoms with Crippen molar-refractivity contribution in [3.05, 3.63) is 29.8 Å². The zero-order chi connectivity index (χ0) is 20.4. The van der Waals surface area contributed by atoms with Crippen molar-refractivity contribution >= 4 is 11.9 Å². The Morgan fingerprint density at radius 2 is 2.04 bits per heavy atom. The molecule has 0 bridgehead atoms. The number of nitrogens with zero attached hydrogens (tertiary/aromatic N) is 1. The van der Waals surface area contributed by atoms with Gasteiger partial charge in [-0.3, -0.25) is 9.79 Å². The van der Waals surface area contributed by atoms with E-state index in [1.807, 2.05) is 38.1 Å². The van der Waals surface area contributed by atoms with E-state index >= 15 is 0 Å². The van der Waals surface area contributed by atoms with Crippen molar-refractivity contribution in [3.63, 3.8) is 0 Å². The molecule has 1 saturated carbocycles. The van der Waals surface area contributed by atoms with Gasteiger partial charge in [0.25, 0.3) is 0 Å². The molecule has 1 aromatic rings. The number of aliphatic hydroxyl groups is 1. The number of ether oxygens (including phenoxy) is 2. The summed E-state index contributed by atoms with van der Waals surface area (Å²) in [5.41, 5.74) is 0.772. The van der Waals surface area contributed by atoms with Crippen molar-refractivity contribution in [2.75, 3.05) is 26.8 Å². The van der Waals surface area contributed by atoms with Crippen molar-refractivity contribution in [2.24, 2.45) is 10.9 Å². The molecule has 0 radical (unpaired) electrons. The fourth-order valence-corrected chi connectivity index (χ4v) is 3.38. The van der Waals surface area contributed by atoms with Gasteiger partial charge in [-0.1, -0.05) is 12.1 Å². The van der Waals surface area contributed by atoms with E-state index in [4.69, 9.17) is 9.47 Å². The molecule has 0 aliphatic heterocycles. The van der Waals surface area contributed by atoms with Crippen molar-refractivity contribution in [3.8, 4) is 5.75 Å². The number of rotatable bonds is 8. The number of guanidine groups is 1. The van der Waals surface area contributed by atoms with Crippen LogP contribution in [0.2, 0.25) is 0 Å². The molecule has 1 aliphatic carbocycles. The molecule has 1 unspecified atom stereocenters. The average molecular weight is 392 g/mol. The Labute approximate surface area is 167 Å². The van der Waals surface area contributed by atoms with Crippen molar-refractivity contribution < 1.29 is 19.4 Å². The molecule has 3 N–H and O–H groups in total. The van der Waals surface area contributed by atoms with Crippen LogP contribution in [-0.4, -0.2) is 49.9 Å². The summed E-state index contributed by atoms with van der Waals surface area (Å²) in [7, 11) is 1.60. The van der Waals surface area contributed by atoms with Crippen LogP contribution >= 0.6 is 0 Å². The van der Waals surface area contributed by atoms with Crippen molar-refractivity contribution in [2.45, 2.75) is 51.7 Å². The maximum absolute atomic E-state index is 11.9. The van der Waals surface area contributed by atoms with E-state index in [9.17, 15) is 9.90 Å². The lowest BCUT2D eigenvalue weighted by atomic mass is 9.86. The zero-order valence-corrected chi connectivity index (χ0v) is 17.1. The number of carbonyl (C=O) groups is 1. The molecule has 0 amide bonds. The third kappa shape index (κ3) is 6.71. The molecule has 7 nitrogen and oxygen atoms in total. The monoisotopic (exact) mass is 391 g/mol. The highest BCUT2D eigenvalue weighted by Crippen LogP contribution is 2.25. The summed E-state index contributed by atoms with van der Waals surface area (Å²) in [6.07, 6.45) is 2.73. The predicted octanol–water partition coefficient (Wildman–Crippen LogP) is 2.41. The molecule has 0 aromatic heterocycles. The molecular weight excluding hydrogens is 358 g/mol. The standard InChI is InChI=1S/C21H33N3O4/c1-4-22-21(23-14-19(25)16-7-6-8-18(13-16)27-3)24-17-11-9-15(10-12-17)20(26)28-5-2/h6-8,13,15,17,19,25H,4-5,9-12,14H2,1-3H3,(H2,22,23,24). The Morgan fingerprint density at radius 1 is 1.29 bits per heavy atom. The van der Waals surface area contributed by atoms with E-state index in [0.717, 1.165) is 37.8 Å². The second kappa shape index (κ2) is 11.5. The van der Waals surface area contributed by atoms with Gasteiger partial charge in [0.15, 0.2) is 5.96 Å². The number of hydrogen-bond donors (Lipinski definition) is 3. The van der Waals surface area contributed by atoms with Gasteiger partial charge in [0, 0.05) is 12.6 Å². The number of esters is 1. The van der Waals surface area contributed by atoms with Crippen molar-refractivity contribution in [1.29, 1.82) is 0 Å². The molecule has 28 heavy (non-hydrogen) atoms. The largest absolute Gasteiger partial charge is 0.497 e. The van der Waals surface area contributed by atoms with Gasteiger partial charge < -0.3 is 25.2 Å². The van der Waals surface area contributed by atoms with Crippen molar-refractivity contribution in [1.82, 2.24) is 10.6 Å². The fraction of sp³-hybridized carbons (Fsp3) is 0.619. The Balaban J connectivity index is 1.89. The van der Waals surface area contributed by atoms with E-state index in [-0.39, 0.29) is 24.5 Å². The lowest BCUT2D eigenvalue weighted by molar-refractivity contribution is -0.149. The molecule has 7 heteroatoms. The van der Waals surface area contributed by atoms with Gasteiger partial charge in [-0.25, -0.2) is 0 Å². The molecule has 0 heterocycles.